The third-order valence-corrected chi connectivity index (χ3v) is 3.99. The Hall–Kier alpha value is -2.04. The van der Waals surface area contributed by atoms with Crippen LogP contribution in [0.3, 0.4) is 0 Å². The molecule has 0 saturated heterocycles. The average molecular weight is 299 g/mol. The minimum Gasteiger partial charge on any atom is -0.454 e. The molecule has 0 fully saturated rings. The van der Waals surface area contributed by atoms with E-state index in [1.54, 1.807) is 0 Å². The lowest BCUT2D eigenvalue weighted by Gasteiger charge is -2.18. The molecule has 0 aliphatic carbocycles. The Balaban J connectivity index is 1.69. The SMILES string of the molecule is CCc1ccc(C(CO)NCc2cccc3c2OCO3)cc1. The first kappa shape index (κ1) is 14.9. The van der Waals surface area contributed by atoms with Crippen LogP contribution in [0, 0.1) is 0 Å². The summed E-state index contributed by atoms with van der Waals surface area (Å²) < 4.78 is 10.9. The number of hydrogen-bond acceptors (Lipinski definition) is 4. The molecule has 4 nitrogen and oxygen atoms in total. The third-order valence-electron chi connectivity index (χ3n) is 3.99. The number of hydrogen-bond donors (Lipinski definition) is 2. The van der Waals surface area contributed by atoms with E-state index in [2.05, 4.69) is 36.5 Å². The second kappa shape index (κ2) is 6.81. The van der Waals surface area contributed by atoms with Gasteiger partial charge in [-0.25, -0.2) is 0 Å². The molecule has 0 amide bonds. The first-order valence-electron chi connectivity index (χ1n) is 7.62. The monoisotopic (exact) mass is 299 g/mol. The van der Waals surface area contributed by atoms with Gasteiger partial charge < -0.3 is 19.9 Å². The predicted octanol–water partition coefficient (Wildman–Crippen LogP) is 2.80. The standard InChI is InChI=1S/C18H21NO3/c1-2-13-6-8-14(9-7-13)16(11-20)19-10-15-4-3-5-17-18(15)22-12-21-17/h3-9,16,19-20H,2,10-12H2,1H3. The van der Waals surface area contributed by atoms with E-state index in [1.807, 2.05) is 18.2 Å². The van der Waals surface area contributed by atoms with Crippen LogP contribution in [-0.4, -0.2) is 18.5 Å². The lowest BCUT2D eigenvalue weighted by molar-refractivity contribution is 0.173. The van der Waals surface area contributed by atoms with Gasteiger partial charge in [0.2, 0.25) is 6.79 Å². The van der Waals surface area contributed by atoms with Crippen molar-refractivity contribution in [1.82, 2.24) is 5.32 Å². The quantitative estimate of drug-likeness (QED) is 0.861. The molecule has 2 aromatic rings. The van der Waals surface area contributed by atoms with Gasteiger partial charge in [-0.15, -0.1) is 0 Å². The van der Waals surface area contributed by atoms with Gasteiger partial charge in [-0.05, 0) is 23.6 Å². The van der Waals surface area contributed by atoms with Crippen LogP contribution in [0.2, 0.25) is 0 Å². The van der Waals surface area contributed by atoms with Crippen LogP contribution in [0.4, 0.5) is 0 Å². The molecule has 3 rings (SSSR count). The molecule has 1 atom stereocenters. The molecule has 4 heteroatoms. The van der Waals surface area contributed by atoms with Crippen molar-refractivity contribution < 1.29 is 14.6 Å². The highest BCUT2D eigenvalue weighted by molar-refractivity contribution is 5.48. The summed E-state index contributed by atoms with van der Waals surface area (Å²) >= 11 is 0. The van der Waals surface area contributed by atoms with E-state index < -0.39 is 0 Å². The van der Waals surface area contributed by atoms with E-state index in [0.29, 0.717) is 6.54 Å². The highest BCUT2D eigenvalue weighted by Crippen LogP contribution is 2.35. The maximum absolute atomic E-state index is 9.66. The van der Waals surface area contributed by atoms with Gasteiger partial charge in [0, 0.05) is 12.1 Å². The minimum absolute atomic E-state index is 0.0534. The van der Waals surface area contributed by atoms with Crippen LogP contribution in [0.25, 0.3) is 0 Å². The Morgan fingerprint density at radius 1 is 1.14 bits per heavy atom. The number of aliphatic hydroxyl groups excluding tert-OH is 1. The van der Waals surface area contributed by atoms with E-state index in [-0.39, 0.29) is 19.4 Å². The molecule has 1 unspecified atom stereocenters. The first-order valence-corrected chi connectivity index (χ1v) is 7.62. The van der Waals surface area contributed by atoms with Gasteiger partial charge in [-0.2, -0.15) is 0 Å². The number of nitrogens with one attached hydrogen (secondary N) is 1. The van der Waals surface area contributed by atoms with Crippen molar-refractivity contribution in [3.63, 3.8) is 0 Å². The highest BCUT2D eigenvalue weighted by atomic mass is 16.7. The Morgan fingerprint density at radius 2 is 1.95 bits per heavy atom. The predicted molar refractivity (Wildman–Crippen MR) is 85.1 cm³/mol. The van der Waals surface area contributed by atoms with Gasteiger partial charge in [-0.3, -0.25) is 0 Å². The van der Waals surface area contributed by atoms with Crippen LogP contribution < -0.4 is 14.8 Å². The molecule has 116 valence electrons. The molecular weight excluding hydrogens is 278 g/mol. The summed E-state index contributed by atoms with van der Waals surface area (Å²) in [6.45, 7) is 3.08. The second-order valence-electron chi connectivity index (χ2n) is 5.36. The summed E-state index contributed by atoms with van der Waals surface area (Å²) in [5, 5.41) is 13.0. The van der Waals surface area contributed by atoms with Crippen molar-refractivity contribution in [2.45, 2.75) is 25.9 Å². The number of aliphatic hydroxyl groups is 1. The fourth-order valence-electron chi connectivity index (χ4n) is 2.64. The molecule has 0 spiro atoms. The van der Waals surface area contributed by atoms with Crippen LogP contribution in [0.1, 0.15) is 29.7 Å². The van der Waals surface area contributed by atoms with Gasteiger partial charge in [-0.1, -0.05) is 43.3 Å². The van der Waals surface area contributed by atoms with Crippen molar-refractivity contribution >= 4 is 0 Å². The molecule has 2 aromatic carbocycles. The zero-order valence-corrected chi connectivity index (χ0v) is 12.7. The topological polar surface area (TPSA) is 50.7 Å². The van der Waals surface area contributed by atoms with Gasteiger partial charge >= 0.3 is 0 Å². The van der Waals surface area contributed by atoms with E-state index >= 15 is 0 Å². The van der Waals surface area contributed by atoms with Crippen molar-refractivity contribution in [2.75, 3.05) is 13.4 Å². The second-order valence-corrected chi connectivity index (χ2v) is 5.36. The molecule has 1 aliphatic rings. The van der Waals surface area contributed by atoms with E-state index in [1.165, 1.54) is 5.56 Å². The molecule has 0 aromatic heterocycles. The molecule has 1 aliphatic heterocycles. The summed E-state index contributed by atoms with van der Waals surface area (Å²) in [4.78, 5) is 0. The number of para-hydroxylation sites is 1. The van der Waals surface area contributed by atoms with E-state index in [4.69, 9.17) is 9.47 Å². The van der Waals surface area contributed by atoms with Gasteiger partial charge in [0.05, 0.1) is 12.6 Å². The van der Waals surface area contributed by atoms with Crippen molar-refractivity contribution in [3.8, 4) is 11.5 Å². The Labute approximate surface area is 130 Å². The molecule has 0 bridgehead atoms. The Morgan fingerprint density at radius 3 is 2.68 bits per heavy atom. The van der Waals surface area contributed by atoms with E-state index in [0.717, 1.165) is 29.0 Å². The van der Waals surface area contributed by atoms with Crippen LogP contribution in [0.5, 0.6) is 11.5 Å². The number of aryl methyl sites for hydroxylation is 1. The molecular formula is C18H21NO3. The van der Waals surface area contributed by atoms with Crippen molar-refractivity contribution in [2.24, 2.45) is 0 Å². The number of fused-ring (bicyclic) bond motifs is 1. The minimum atomic E-state index is -0.0934. The Bertz CT molecular complexity index is 625. The number of ether oxygens (including phenoxy) is 2. The summed E-state index contributed by atoms with van der Waals surface area (Å²) in [7, 11) is 0. The zero-order chi connectivity index (χ0) is 15.4. The smallest absolute Gasteiger partial charge is 0.231 e. The largest absolute Gasteiger partial charge is 0.454 e. The summed E-state index contributed by atoms with van der Waals surface area (Å²) in [6, 6.07) is 14.1. The van der Waals surface area contributed by atoms with Gasteiger partial charge in [0.1, 0.15) is 0 Å². The third kappa shape index (κ3) is 3.08. The molecule has 2 N–H and O–H groups in total. The lowest BCUT2D eigenvalue weighted by Crippen LogP contribution is -2.24. The van der Waals surface area contributed by atoms with Gasteiger partial charge in [0.25, 0.3) is 0 Å². The lowest BCUT2D eigenvalue weighted by atomic mass is 10.0. The van der Waals surface area contributed by atoms with E-state index in [9.17, 15) is 5.11 Å². The maximum atomic E-state index is 9.66. The highest BCUT2D eigenvalue weighted by Gasteiger charge is 2.18. The van der Waals surface area contributed by atoms with Gasteiger partial charge in [0.15, 0.2) is 11.5 Å². The fourth-order valence-corrected chi connectivity index (χ4v) is 2.64. The Kier molecular flexibility index (Phi) is 4.61. The summed E-state index contributed by atoms with van der Waals surface area (Å²) in [5.41, 5.74) is 3.43. The average Bonchev–Trinajstić information content (AvgIpc) is 3.05. The van der Waals surface area contributed by atoms with Crippen LogP contribution in [-0.2, 0) is 13.0 Å². The van der Waals surface area contributed by atoms with Crippen molar-refractivity contribution in [3.05, 3.63) is 59.2 Å². The maximum Gasteiger partial charge on any atom is 0.231 e. The molecule has 22 heavy (non-hydrogen) atoms. The van der Waals surface area contributed by atoms with Crippen LogP contribution >= 0.6 is 0 Å². The molecule has 1 heterocycles. The van der Waals surface area contributed by atoms with Crippen LogP contribution in [0.15, 0.2) is 42.5 Å². The fraction of sp³-hybridized carbons (Fsp3) is 0.333. The molecule has 0 radical (unpaired) electrons. The number of benzene rings is 2. The van der Waals surface area contributed by atoms with Crippen molar-refractivity contribution in [1.29, 1.82) is 0 Å². The number of rotatable bonds is 6. The zero-order valence-electron chi connectivity index (χ0n) is 12.7. The first-order chi connectivity index (χ1) is 10.8. The summed E-state index contributed by atoms with van der Waals surface area (Å²) in [5.74, 6) is 1.58. The normalized spacial score (nSPS) is 14.1. The summed E-state index contributed by atoms with van der Waals surface area (Å²) in [6.07, 6.45) is 1.02. The molecule has 0 saturated carbocycles.